The van der Waals surface area contributed by atoms with Crippen molar-refractivity contribution in [2.75, 3.05) is 5.32 Å². The van der Waals surface area contributed by atoms with E-state index in [1.807, 2.05) is 6.07 Å². The molecule has 0 fully saturated rings. The molecule has 0 spiro atoms. The Morgan fingerprint density at radius 1 is 1.42 bits per heavy atom. The zero-order valence-corrected chi connectivity index (χ0v) is 11.2. The normalized spacial score (nSPS) is 27.8. The average molecular weight is 256 g/mol. The second-order valence-electron chi connectivity index (χ2n) is 5.86. The number of carbonyl (C=O) groups excluding carboxylic acids is 1. The molecule has 0 saturated carbocycles. The lowest BCUT2D eigenvalue weighted by molar-refractivity contribution is -0.255. The van der Waals surface area contributed by atoms with Crippen molar-refractivity contribution in [1.82, 2.24) is 0 Å². The van der Waals surface area contributed by atoms with Gasteiger partial charge in [0.1, 0.15) is 0 Å². The number of benzene rings is 1. The van der Waals surface area contributed by atoms with Gasteiger partial charge in [0, 0.05) is 17.6 Å². The highest BCUT2D eigenvalue weighted by atomic mass is 16.4. The first-order chi connectivity index (χ1) is 9.08. The summed E-state index contributed by atoms with van der Waals surface area (Å²) >= 11 is 0. The van der Waals surface area contributed by atoms with Gasteiger partial charge in [-0.3, -0.25) is 0 Å². The Bertz CT molecular complexity index is 548. The van der Waals surface area contributed by atoms with Crippen LogP contribution in [0.2, 0.25) is 0 Å². The lowest BCUT2D eigenvalue weighted by Crippen LogP contribution is -2.39. The summed E-state index contributed by atoms with van der Waals surface area (Å²) in [7, 11) is 0. The number of aromatic carboxylic acids is 1. The molecule has 0 bridgehead atoms. The van der Waals surface area contributed by atoms with Crippen molar-refractivity contribution in [3.63, 3.8) is 0 Å². The Kier molecular flexibility index (Phi) is 2.85. The van der Waals surface area contributed by atoms with Gasteiger partial charge < -0.3 is 15.2 Å². The zero-order valence-electron chi connectivity index (χ0n) is 11.2. The summed E-state index contributed by atoms with van der Waals surface area (Å²) < 4.78 is 0. The second kappa shape index (κ2) is 4.41. The number of carboxylic acids is 1. The molecule has 0 radical (unpaired) electrons. The first-order valence-corrected chi connectivity index (χ1v) is 6.86. The fourth-order valence-electron chi connectivity index (χ4n) is 3.42. The fraction of sp³-hybridized carbons (Fsp3) is 0.438. The molecular weight excluding hydrogens is 238 g/mol. The molecule has 0 amide bonds. The molecule has 0 saturated heterocycles. The van der Waals surface area contributed by atoms with E-state index < -0.39 is 5.97 Å². The van der Waals surface area contributed by atoms with E-state index in [4.69, 9.17) is 0 Å². The van der Waals surface area contributed by atoms with Crippen LogP contribution in [0, 0.1) is 11.8 Å². The predicted molar refractivity (Wildman–Crippen MR) is 73.0 cm³/mol. The SMILES string of the molecule is CC(C)C1Nc2ccc(C(=O)[O-])cc2C2C=CCC21. The Hall–Kier alpha value is -1.77. The highest BCUT2D eigenvalue weighted by molar-refractivity contribution is 5.87. The van der Waals surface area contributed by atoms with Crippen LogP contribution in [0.25, 0.3) is 0 Å². The molecule has 0 aromatic heterocycles. The van der Waals surface area contributed by atoms with Crippen molar-refractivity contribution in [3.05, 3.63) is 41.5 Å². The number of anilines is 1. The zero-order chi connectivity index (χ0) is 13.6. The molecule has 3 atom stereocenters. The molecule has 3 heteroatoms. The van der Waals surface area contributed by atoms with Gasteiger partial charge in [0.25, 0.3) is 0 Å². The van der Waals surface area contributed by atoms with Crippen LogP contribution < -0.4 is 10.4 Å². The minimum Gasteiger partial charge on any atom is -0.545 e. The number of hydrogen-bond acceptors (Lipinski definition) is 3. The molecule has 1 N–H and O–H groups in total. The standard InChI is InChI=1S/C16H19NO2/c1-9(2)15-12-5-3-4-11(12)13-8-10(16(18)19)6-7-14(13)17-15/h3-4,6-9,11-12,15,17H,5H2,1-2H3,(H,18,19)/p-1. The maximum atomic E-state index is 11.0. The van der Waals surface area contributed by atoms with E-state index >= 15 is 0 Å². The largest absolute Gasteiger partial charge is 0.545 e. The quantitative estimate of drug-likeness (QED) is 0.825. The van der Waals surface area contributed by atoms with Gasteiger partial charge in [-0.1, -0.05) is 32.1 Å². The molecule has 1 aliphatic heterocycles. The summed E-state index contributed by atoms with van der Waals surface area (Å²) in [5.41, 5.74) is 2.43. The molecule has 1 heterocycles. The van der Waals surface area contributed by atoms with Gasteiger partial charge in [-0.15, -0.1) is 0 Å². The third-order valence-corrected chi connectivity index (χ3v) is 4.36. The third kappa shape index (κ3) is 1.93. The highest BCUT2D eigenvalue weighted by Crippen LogP contribution is 2.46. The Morgan fingerprint density at radius 2 is 2.21 bits per heavy atom. The van der Waals surface area contributed by atoms with E-state index in [1.165, 1.54) is 0 Å². The number of nitrogens with one attached hydrogen (secondary N) is 1. The lowest BCUT2D eigenvalue weighted by atomic mass is 9.75. The number of rotatable bonds is 2. The number of hydrogen-bond donors (Lipinski definition) is 1. The van der Waals surface area contributed by atoms with Gasteiger partial charge in [0.15, 0.2) is 0 Å². The molecule has 2 aliphatic rings. The van der Waals surface area contributed by atoms with Crippen molar-refractivity contribution >= 4 is 11.7 Å². The summed E-state index contributed by atoms with van der Waals surface area (Å²) in [5, 5.41) is 14.6. The van der Waals surface area contributed by atoms with E-state index in [-0.39, 0.29) is 5.56 Å². The van der Waals surface area contributed by atoms with E-state index in [1.54, 1.807) is 12.1 Å². The molecule has 1 aliphatic carbocycles. The van der Waals surface area contributed by atoms with Gasteiger partial charge in [-0.05, 0) is 41.5 Å². The summed E-state index contributed by atoms with van der Waals surface area (Å²) in [4.78, 5) is 11.0. The van der Waals surface area contributed by atoms with Crippen LogP contribution in [0.1, 0.15) is 42.1 Å². The second-order valence-corrected chi connectivity index (χ2v) is 5.86. The van der Waals surface area contributed by atoms with Crippen LogP contribution in [-0.4, -0.2) is 12.0 Å². The van der Waals surface area contributed by atoms with Gasteiger partial charge >= 0.3 is 0 Å². The smallest absolute Gasteiger partial charge is 0.0715 e. The maximum Gasteiger partial charge on any atom is 0.0715 e. The van der Waals surface area contributed by atoms with Gasteiger partial charge in [-0.2, -0.15) is 0 Å². The van der Waals surface area contributed by atoms with Crippen molar-refractivity contribution < 1.29 is 9.90 Å². The summed E-state index contributed by atoms with van der Waals surface area (Å²) in [6.07, 6.45) is 5.50. The molecule has 100 valence electrons. The van der Waals surface area contributed by atoms with Crippen LogP contribution in [0.3, 0.4) is 0 Å². The van der Waals surface area contributed by atoms with Crippen molar-refractivity contribution in [1.29, 1.82) is 0 Å². The van der Waals surface area contributed by atoms with E-state index in [2.05, 4.69) is 31.3 Å². The minimum atomic E-state index is -1.10. The van der Waals surface area contributed by atoms with Crippen molar-refractivity contribution in [3.8, 4) is 0 Å². The number of fused-ring (bicyclic) bond motifs is 3. The molecule has 1 aromatic rings. The molecule has 3 unspecified atom stereocenters. The fourth-order valence-corrected chi connectivity index (χ4v) is 3.42. The topological polar surface area (TPSA) is 52.2 Å². The average Bonchev–Trinajstić information content (AvgIpc) is 2.86. The van der Waals surface area contributed by atoms with Gasteiger partial charge in [0.2, 0.25) is 0 Å². The van der Waals surface area contributed by atoms with Crippen molar-refractivity contribution in [2.45, 2.75) is 32.2 Å². The van der Waals surface area contributed by atoms with Crippen LogP contribution in [-0.2, 0) is 0 Å². The number of allylic oxidation sites excluding steroid dienone is 2. The molecule has 3 nitrogen and oxygen atoms in total. The van der Waals surface area contributed by atoms with E-state index in [9.17, 15) is 9.90 Å². The van der Waals surface area contributed by atoms with Crippen LogP contribution in [0.15, 0.2) is 30.4 Å². The van der Waals surface area contributed by atoms with Crippen LogP contribution in [0.4, 0.5) is 5.69 Å². The Balaban J connectivity index is 2.05. The predicted octanol–water partition coefficient (Wildman–Crippen LogP) is 2.16. The van der Waals surface area contributed by atoms with Gasteiger partial charge in [-0.25, -0.2) is 0 Å². The monoisotopic (exact) mass is 256 g/mol. The van der Waals surface area contributed by atoms with Crippen LogP contribution >= 0.6 is 0 Å². The van der Waals surface area contributed by atoms with E-state index in [0.29, 0.717) is 23.8 Å². The molecule has 1 aromatic carbocycles. The first kappa shape index (κ1) is 12.3. The van der Waals surface area contributed by atoms with E-state index in [0.717, 1.165) is 17.7 Å². The summed E-state index contributed by atoms with van der Waals surface area (Å²) in [6.45, 7) is 4.46. The third-order valence-electron chi connectivity index (χ3n) is 4.36. The van der Waals surface area contributed by atoms with Gasteiger partial charge in [0.05, 0.1) is 5.97 Å². The maximum absolute atomic E-state index is 11.0. The van der Waals surface area contributed by atoms with Crippen LogP contribution in [0.5, 0.6) is 0 Å². The van der Waals surface area contributed by atoms with Crippen molar-refractivity contribution in [2.24, 2.45) is 11.8 Å². The molecule has 19 heavy (non-hydrogen) atoms. The number of carboxylic acid groups (broad SMARTS) is 1. The molecule has 3 rings (SSSR count). The summed E-state index contributed by atoms with van der Waals surface area (Å²) in [5.74, 6) is 0.320. The summed E-state index contributed by atoms with van der Waals surface area (Å²) in [6, 6.07) is 5.71. The first-order valence-electron chi connectivity index (χ1n) is 6.86. The lowest BCUT2D eigenvalue weighted by Gasteiger charge is -2.39. The Morgan fingerprint density at radius 3 is 2.89 bits per heavy atom. The Labute approximate surface area is 113 Å². The highest BCUT2D eigenvalue weighted by Gasteiger charge is 2.38. The number of carbonyl (C=O) groups is 1. The minimum absolute atomic E-state index is 0.266. The molecular formula is C16H18NO2-.